The molecule has 0 spiro atoms. The van der Waals surface area contributed by atoms with Gasteiger partial charge in [0.1, 0.15) is 0 Å². The first-order valence-corrected chi connectivity index (χ1v) is 16.4. The lowest BCUT2D eigenvalue weighted by atomic mass is 10.1. The highest BCUT2D eigenvalue weighted by Crippen LogP contribution is 2.21. The number of rotatable bonds is 14. The van der Waals surface area contributed by atoms with Gasteiger partial charge in [0.2, 0.25) is 0 Å². The predicted octanol–water partition coefficient (Wildman–Crippen LogP) is 6.19. The van der Waals surface area contributed by atoms with E-state index in [1.165, 1.54) is 5.56 Å². The second-order valence-corrected chi connectivity index (χ2v) is 12.8. The zero-order valence-electron chi connectivity index (χ0n) is 23.3. The van der Waals surface area contributed by atoms with Gasteiger partial charge in [-0.3, -0.25) is 4.72 Å². The molecule has 3 N–H and O–H groups in total. The van der Waals surface area contributed by atoms with E-state index in [0.717, 1.165) is 46.7 Å². The Bertz CT molecular complexity index is 1640. The van der Waals surface area contributed by atoms with Crippen molar-refractivity contribution in [3.05, 3.63) is 148 Å². The first kappa shape index (κ1) is 29.7. The summed E-state index contributed by atoms with van der Waals surface area (Å²) in [7, 11) is -3.71. The molecule has 0 bridgehead atoms. The van der Waals surface area contributed by atoms with Crippen LogP contribution in [0.25, 0.3) is 0 Å². The standard InChI is InChI=1S/C34H35N3O3S2/c38-33(29-9-5-2-6-10-29)24-35-22-21-27-11-16-30(17-12-27)37-42(39,40)32-19-14-28(15-20-32)23-34-36-31(25-41-34)18-13-26-7-3-1-4-8-26/h1-12,14-17,19-20,25,33,35,37-38H,13,18,21-24H2/t33-/m0/s1. The third kappa shape index (κ3) is 8.59. The number of thiazole rings is 1. The van der Waals surface area contributed by atoms with E-state index in [4.69, 9.17) is 4.98 Å². The third-order valence-corrected chi connectivity index (χ3v) is 9.31. The van der Waals surface area contributed by atoms with E-state index >= 15 is 0 Å². The number of nitrogens with one attached hydrogen (secondary N) is 2. The van der Waals surface area contributed by atoms with Crippen molar-refractivity contribution in [2.45, 2.75) is 36.7 Å². The van der Waals surface area contributed by atoms with Crippen LogP contribution in [0.5, 0.6) is 0 Å². The van der Waals surface area contributed by atoms with E-state index in [-0.39, 0.29) is 4.90 Å². The van der Waals surface area contributed by atoms with E-state index < -0.39 is 16.1 Å². The number of sulfonamides is 1. The van der Waals surface area contributed by atoms with E-state index in [0.29, 0.717) is 25.2 Å². The molecule has 0 radical (unpaired) electrons. The summed E-state index contributed by atoms with van der Waals surface area (Å²) in [6.07, 6.45) is 2.76. The van der Waals surface area contributed by atoms with Crippen LogP contribution in [0.2, 0.25) is 0 Å². The summed E-state index contributed by atoms with van der Waals surface area (Å²) >= 11 is 1.64. The van der Waals surface area contributed by atoms with Crippen molar-refractivity contribution in [3.63, 3.8) is 0 Å². The molecule has 1 aromatic heterocycles. The molecule has 0 fully saturated rings. The van der Waals surface area contributed by atoms with Crippen molar-refractivity contribution in [1.29, 1.82) is 0 Å². The highest BCUT2D eigenvalue weighted by molar-refractivity contribution is 7.92. The van der Waals surface area contributed by atoms with Gasteiger partial charge < -0.3 is 10.4 Å². The van der Waals surface area contributed by atoms with Crippen molar-refractivity contribution in [2.75, 3.05) is 17.8 Å². The first-order chi connectivity index (χ1) is 20.4. The lowest BCUT2D eigenvalue weighted by Gasteiger charge is -2.12. The smallest absolute Gasteiger partial charge is 0.261 e. The lowest BCUT2D eigenvalue weighted by molar-refractivity contribution is 0.175. The largest absolute Gasteiger partial charge is 0.387 e. The average Bonchev–Trinajstić information content (AvgIpc) is 3.47. The molecule has 0 aliphatic rings. The van der Waals surface area contributed by atoms with Crippen LogP contribution >= 0.6 is 11.3 Å². The molecular formula is C34H35N3O3S2. The molecule has 0 unspecified atom stereocenters. The number of benzene rings is 4. The van der Waals surface area contributed by atoms with Gasteiger partial charge in [-0.1, -0.05) is 84.9 Å². The van der Waals surface area contributed by atoms with Gasteiger partial charge in [0.05, 0.1) is 21.7 Å². The van der Waals surface area contributed by atoms with Gasteiger partial charge in [0.15, 0.2) is 0 Å². The van der Waals surface area contributed by atoms with Crippen LogP contribution in [0.3, 0.4) is 0 Å². The molecule has 0 aliphatic heterocycles. The Hall–Kier alpha value is -3.82. The molecule has 0 amide bonds. The quantitative estimate of drug-likeness (QED) is 0.133. The number of hydrogen-bond acceptors (Lipinski definition) is 6. The maximum Gasteiger partial charge on any atom is 0.261 e. The number of aryl methyl sites for hydroxylation is 2. The summed E-state index contributed by atoms with van der Waals surface area (Å²) in [5.41, 5.74) is 5.89. The predicted molar refractivity (Wildman–Crippen MR) is 170 cm³/mol. The zero-order valence-corrected chi connectivity index (χ0v) is 25.0. The summed E-state index contributed by atoms with van der Waals surface area (Å²) in [5.74, 6) is 0. The molecule has 8 heteroatoms. The maximum atomic E-state index is 13.0. The van der Waals surface area contributed by atoms with Crippen molar-refractivity contribution in [3.8, 4) is 0 Å². The molecule has 1 heterocycles. The molecular weight excluding hydrogens is 563 g/mol. The Morgan fingerprint density at radius 2 is 1.38 bits per heavy atom. The van der Waals surface area contributed by atoms with Gasteiger partial charge in [-0.05, 0) is 72.3 Å². The number of aliphatic hydroxyl groups excluding tert-OH is 1. The van der Waals surface area contributed by atoms with Crippen LogP contribution in [-0.4, -0.2) is 31.6 Å². The van der Waals surface area contributed by atoms with Crippen molar-refractivity contribution in [2.24, 2.45) is 0 Å². The molecule has 0 saturated heterocycles. The highest BCUT2D eigenvalue weighted by atomic mass is 32.2. The molecule has 216 valence electrons. The first-order valence-electron chi connectivity index (χ1n) is 14.1. The number of hydrogen-bond donors (Lipinski definition) is 3. The van der Waals surface area contributed by atoms with Crippen molar-refractivity contribution in [1.82, 2.24) is 10.3 Å². The Morgan fingerprint density at radius 3 is 2.10 bits per heavy atom. The van der Waals surface area contributed by atoms with Gasteiger partial charge >= 0.3 is 0 Å². The third-order valence-electron chi connectivity index (χ3n) is 7.02. The number of anilines is 1. The second-order valence-electron chi connectivity index (χ2n) is 10.2. The number of nitrogens with zero attached hydrogens (tertiary/aromatic N) is 1. The second kappa shape index (κ2) is 14.4. The average molecular weight is 598 g/mol. The zero-order chi connectivity index (χ0) is 29.2. The highest BCUT2D eigenvalue weighted by Gasteiger charge is 2.15. The fraction of sp³-hybridized carbons (Fsp3) is 0.206. The van der Waals surface area contributed by atoms with Crippen molar-refractivity contribution >= 4 is 27.0 Å². The van der Waals surface area contributed by atoms with Crippen molar-refractivity contribution < 1.29 is 13.5 Å². The van der Waals surface area contributed by atoms with Gasteiger partial charge in [0, 0.05) is 24.0 Å². The van der Waals surface area contributed by atoms with Crippen LogP contribution in [0.15, 0.2) is 119 Å². The fourth-order valence-corrected chi connectivity index (χ4v) is 6.56. The lowest BCUT2D eigenvalue weighted by Crippen LogP contribution is -2.23. The van der Waals surface area contributed by atoms with Gasteiger partial charge in [-0.2, -0.15) is 0 Å². The Kier molecular flexibility index (Phi) is 10.2. The van der Waals surface area contributed by atoms with E-state index in [2.05, 4.69) is 39.7 Å². The summed E-state index contributed by atoms with van der Waals surface area (Å²) in [6, 6.07) is 34.3. The molecule has 42 heavy (non-hydrogen) atoms. The normalized spacial score (nSPS) is 12.2. The summed E-state index contributed by atoms with van der Waals surface area (Å²) in [6.45, 7) is 1.18. The number of aliphatic hydroxyl groups is 1. The van der Waals surface area contributed by atoms with Crippen LogP contribution < -0.4 is 10.0 Å². The summed E-state index contributed by atoms with van der Waals surface area (Å²) < 4.78 is 28.6. The minimum Gasteiger partial charge on any atom is -0.387 e. The van der Waals surface area contributed by atoms with Gasteiger partial charge in [-0.25, -0.2) is 13.4 Å². The van der Waals surface area contributed by atoms with E-state index in [1.54, 1.807) is 35.6 Å². The molecule has 0 saturated carbocycles. The van der Waals surface area contributed by atoms with Crippen LogP contribution in [0.4, 0.5) is 5.69 Å². The molecule has 5 rings (SSSR count). The van der Waals surface area contributed by atoms with Crippen LogP contribution in [0.1, 0.15) is 39.1 Å². The Balaban J connectivity index is 1.08. The van der Waals surface area contributed by atoms with E-state index in [9.17, 15) is 13.5 Å². The SMILES string of the molecule is O=S(=O)(Nc1ccc(CCNC[C@H](O)c2ccccc2)cc1)c1ccc(Cc2nc(CCc3ccccc3)cs2)cc1. The van der Waals surface area contributed by atoms with E-state index in [1.807, 2.05) is 60.7 Å². The number of aromatic nitrogens is 1. The Morgan fingerprint density at radius 1 is 0.738 bits per heavy atom. The van der Waals surface area contributed by atoms with Gasteiger partial charge in [-0.15, -0.1) is 11.3 Å². The Labute approximate surface area is 252 Å². The molecule has 6 nitrogen and oxygen atoms in total. The van der Waals surface area contributed by atoms with Crippen LogP contribution in [-0.2, 0) is 35.7 Å². The molecule has 5 aromatic rings. The summed E-state index contributed by atoms with van der Waals surface area (Å²) in [4.78, 5) is 4.99. The molecule has 1 atom stereocenters. The minimum atomic E-state index is -3.71. The molecule has 4 aromatic carbocycles. The monoisotopic (exact) mass is 597 g/mol. The van der Waals surface area contributed by atoms with Crippen LogP contribution in [0, 0.1) is 0 Å². The van der Waals surface area contributed by atoms with Gasteiger partial charge in [0.25, 0.3) is 10.0 Å². The fourth-order valence-electron chi connectivity index (χ4n) is 4.64. The minimum absolute atomic E-state index is 0.221. The molecule has 0 aliphatic carbocycles. The topological polar surface area (TPSA) is 91.3 Å². The summed E-state index contributed by atoms with van der Waals surface area (Å²) in [5, 5.41) is 16.7. The maximum absolute atomic E-state index is 13.0.